The van der Waals surface area contributed by atoms with Crippen molar-refractivity contribution in [2.24, 2.45) is 5.92 Å². The molecule has 4 nitrogen and oxygen atoms in total. The molecular weight excluding hydrogens is 330 g/mol. The maximum atomic E-state index is 13.2. The molecule has 3 aromatic rings. The normalized spacial score (nSPS) is 18.9. The van der Waals surface area contributed by atoms with E-state index in [-0.39, 0.29) is 11.8 Å². The van der Waals surface area contributed by atoms with E-state index in [1.807, 2.05) is 17.2 Å². The van der Waals surface area contributed by atoms with E-state index in [2.05, 4.69) is 44.6 Å². The Balaban J connectivity index is 1.43. The van der Waals surface area contributed by atoms with Crippen molar-refractivity contribution >= 4 is 22.9 Å². The van der Waals surface area contributed by atoms with Crippen molar-refractivity contribution in [2.45, 2.75) is 25.8 Å². The number of hydrogen-bond acceptors (Lipinski definition) is 3. The lowest BCUT2D eigenvalue weighted by Gasteiger charge is -2.28. The Kier molecular flexibility index (Phi) is 3.48. The minimum absolute atomic E-state index is 0.0326. The number of thiophene rings is 1. The minimum atomic E-state index is 0.0326. The molecule has 0 fully saturated rings. The summed E-state index contributed by atoms with van der Waals surface area (Å²) in [6.07, 6.45) is 4.67. The van der Waals surface area contributed by atoms with Gasteiger partial charge in [0.15, 0.2) is 0 Å². The largest absolute Gasteiger partial charge is 0.327 e. The molecule has 0 saturated heterocycles. The molecule has 0 aliphatic carbocycles. The number of para-hydroxylation sites is 1. The van der Waals surface area contributed by atoms with Crippen molar-refractivity contribution in [3.63, 3.8) is 0 Å². The van der Waals surface area contributed by atoms with E-state index in [0.717, 1.165) is 49.6 Å². The average molecular weight is 349 g/mol. The van der Waals surface area contributed by atoms with Gasteiger partial charge in [-0.3, -0.25) is 4.79 Å². The predicted octanol–water partition coefficient (Wildman–Crippen LogP) is 3.76. The molecule has 0 radical (unpaired) electrons. The van der Waals surface area contributed by atoms with Crippen LogP contribution in [0.25, 0.3) is 11.3 Å². The number of aryl methyl sites for hydroxylation is 1. The Morgan fingerprint density at radius 2 is 2.12 bits per heavy atom. The summed E-state index contributed by atoms with van der Waals surface area (Å²) < 4.78 is 2.25. The van der Waals surface area contributed by atoms with Crippen LogP contribution in [0, 0.1) is 5.92 Å². The van der Waals surface area contributed by atoms with Crippen molar-refractivity contribution in [3.05, 3.63) is 58.7 Å². The SMILES string of the molecule is O=C(C1CCc2ncc(-c3ccsc3)n2C1)N1CCc2ccccc21. The maximum Gasteiger partial charge on any atom is 0.231 e. The Morgan fingerprint density at radius 1 is 1.20 bits per heavy atom. The lowest BCUT2D eigenvalue weighted by atomic mass is 9.97. The van der Waals surface area contributed by atoms with Crippen molar-refractivity contribution in [2.75, 3.05) is 11.4 Å². The van der Waals surface area contributed by atoms with Gasteiger partial charge in [0.2, 0.25) is 5.91 Å². The summed E-state index contributed by atoms with van der Waals surface area (Å²) in [6, 6.07) is 10.4. The molecule has 1 unspecified atom stereocenters. The molecule has 4 heterocycles. The lowest BCUT2D eigenvalue weighted by molar-refractivity contribution is -0.123. The lowest BCUT2D eigenvalue weighted by Crippen LogP contribution is -2.39. The summed E-state index contributed by atoms with van der Waals surface area (Å²) in [5.41, 5.74) is 4.72. The second kappa shape index (κ2) is 5.85. The number of aromatic nitrogens is 2. The molecule has 2 aliphatic heterocycles. The van der Waals surface area contributed by atoms with Gasteiger partial charge in [0.05, 0.1) is 17.8 Å². The Labute approximate surface area is 150 Å². The highest BCUT2D eigenvalue weighted by Gasteiger charge is 2.33. The molecule has 0 N–H and O–H groups in total. The number of carbonyl (C=O) groups is 1. The van der Waals surface area contributed by atoms with Crippen LogP contribution in [0.4, 0.5) is 5.69 Å². The van der Waals surface area contributed by atoms with Crippen LogP contribution in [-0.2, 0) is 24.2 Å². The summed E-state index contributed by atoms with van der Waals surface area (Å²) >= 11 is 1.69. The van der Waals surface area contributed by atoms with Crippen LogP contribution in [0.3, 0.4) is 0 Å². The number of anilines is 1. The predicted molar refractivity (Wildman–Crippen MR) is 99.9 cm³/mol. The Bertz CT molecular complexity index is 928. The van der Waals surface area contributed by atoms with Crippen LogP contribution in [0.15, 0.2) is 47.3 Å². The summed E-state index contributed by atoms with van der Waals surface area (Å²) in [6.45, 7) is 1.54. The van der Waals surface area contributed by atoms with E-state index < -0.39 is 0 Å². The highest BCUT2D eigenvalue weighted by atomic mass is 32.1. The number of fused-ring (bicyclic) bond motifs is 2. The van der Waals surface area contributed by atoms with E-state index >= 15 is 0 Å². The molecule has 2 aliphatic rings. The summed E-state index contributed by atoms with van der Waals surface area (Å²) in [5.74, 6) is 1.40. The van der Waals surface area contributed by atoms with Crippen LogP contribution in [0.2, 0.25) is 0 Å². The Morgan fingerprint density at radius 3 is 3.00 bits per heavy atom. The monoisotopic (exact) mass is 349 g/mol. The number of rotatable bonds is 2. The van der Waals surface area contributed by atoms with Gasteiger partial charge in [0.1, 0.15) is 5.82 Å². The zero-order valence-corrected chi connectivity index (χ0v) is 14.7. The zero-order chi connectivity index (χ0) is 16.8. The van der Waals surface area contributed by atoms with Gasteiger partial charge in [0.25, 0.3) is 0 Å². The van der Waals surface area contributed by atoms with Gasteiger partial charge in [0, 0.05) is 36.1 Å². The molecule has 5 rings (SSSR count). The van der Waals surface area contributed by atoms with Gasteiger partial charge >= 0.3 is 0 Å². The minimum Gasteiger partial charge on any atom is -0.327 e. The maximum absolute atomic E-state index is 13.2. The van der Waals surface area contributed by atoms with Gasteiger partial charge in [-0.15, -0.1) is 0 Å². The third-order valence-corrected chi connectivity index (χ3v) is 6.06. The molecular formula is C20H19N3OS. The third-order valence-electron chi connectivity index (χ3n) is 5.38. The third kappa shape index (κ3) is 2.42. The second-order valence-electron chi connectivity index (χ2n) is 6.79. The number of amides is 1. The number of nitrogens with zero attached hydrogens (tertiary/aromatic N) is 3. The first kappa shape index (κ1) is 14.9. The first-order chi connectivity index (χ1) is 12.3. The van der Waals surface area contributed by atoms with E-state index in [1.165, 1.54) is 11.1 Å². The van der Waals surface area contributed by atoms with Crippen molar-refractivity contribution < 1.29 is 4.79 Å². The number of imidazole rings is 1. The van der Waals surface area contributed by atoms with Crippen molar-refractivity contribution in [3.8, 4) is 11.3 Å². The topological polar surface area (TPSA) is 38.1 Å². The van der Waals surface area contributed by atoms with Crippen LogP contribution < -0.4 is 4.90 Å². The number of carbonyl (C=O) groups excluding carboxylic acids is 1. The summed E-state index contributed by atoms with van der Waals surface area (Å²) in [5, 5.41) is 4.23. The molecule has 1 atom stereocenters. The average Bonchev–Trinajstić information content (AvgIpc) is 3.38. The molecule has 0 spiro atoms. The fraction of sp³-hybridized carbons (Fsp3) is 0.300. The second-order valence-corrected chi connectivity index (χ2v) is 7.57. The van der Waals surface area contributed by atoms with Gasteiger partial charge in [-0.2, -0.15) is 11.3 Å². The van der Waals surface area contributed by atoms with E-state index in [0.29, 0.717) is 0 Å². The fourth-order valence-electron chi connectivity index (χ4n) is 4.06. The van der Waals surface area contributed by atoms with Crippen LogP contribution >= 0.6 is 11.3 Å². The number of benzene rings is 1. The van der Waals surface area contributed by atoms with Gasteiger partial charge < -0.3 is 9.47 Å². The van der Waals surface area contributed by atoms with Crippen LogP contribution in [0.5, 0.6) is 0 Å². The molecule has 0 saturated carbocycles. The highest BCUT2D eigenvalue weighted by molar-refractivity contribution is 7.08. The first-order valence-corrected chi connectivity index (χ1v) is 9.72. The van der Waals surface area contributed by atoms with E-state index in [1.54, 1.807) is 11.3 Å². The smallest absolute Gasteiger partial charge is 0.231 e. The van der Waals surface area contributed by atoms with Crippen molar-refractivity contribution in [1.82, 2.24) is 9.55 Å². The van der Waals surface area contributed by atoms with Crippen LogP contribution in [0.1, 0.15) is 17.8 Å². The van der Waals surface area contributed by atoms with Gasteiger partial charge in [-0.1, -0.05) is 18.2 Å². The van der Waals surface area contributed by atoms with Crippen LogP contribution in [-0.4, -0.2) is 22.0 Å². The van der Waals surface area contributed by atoms with E-state index in [4.69, 9.17) is 0 Å². The molecule has 1 amide bonds. The Hall–Kier alpha value is -2.40. The molecule has 0 bridgehead atoms. The number of hydrogen-bond donors (Lipinski definition) is 0. The molecule has 2 aromatic heterocycles. The highest BCUT2D eigenvalue weighted by Crippen LogP contribution is 2.33. The van der Waals surface area contributed by atoms with Gasteiger partial charge in [-0.05, 0) is 35.9 Å². The summed E-state index contributed by atoms with van der Waals surface area (Å²) in [4.78, 5) is 19.8. The molecule has 1 aromatic carbocycles. The van der Waals surface area contributed by atoms with E-state index in [9.17, 15) is 4.79 Å². The zero-order valence-electron chi connectivity index (χ0n) is 13.9. The van der Waals surface area contributed by atoms with Gasteiger partial charge in [-0.25, -0.2) is 4.98 Å². The standard InChI is InChI=1S/C20H19N3OS/c24-20(22-9-7-14-3-1-2-4-17(14)22)15-5-6-19-21-11-18(23(19)12-15)16-8-10-25-13-16/h1-4,8,10-11,13,15H,5-7,9,12H2. The quantitative estimate of drug-likeness (QED) is 0.706. The fourth-order valence-corrected chi connectivity index (χ4v) is 4.71. The molecule has 5 heteroatoms. The first-order valence-electron chi connectivity index (χ1n) is 8.77. The molecule has 25 heavy (non-hydrogen) atoms. The van der Waals surface area contributed by atoms with Crippen molar-refractivity contribution in [1.29, 1.82) is 0 Å². The molecule has 126 valence electrons. The summed E-state index contributed by atoms with van der Waals surface area (Å²) in [7, 11) is 0.